The molecule has 43 heavy (non-hydrogen) atoms. The third kappa shape index (κ3) is 5.57. The van der Waals surface area contributed by atoms with E-state index in [-0.39, 0.29) is 12.5 Å². The molecule has 0 saturated heterocycles. The van der Waals surface area contributed by atoms with Crippen LogP contribution in [0.2, 0.25) is 0 Å². The average Bonchev–Trinajstić information content (AvgIpc) is 3.56. The molecule has 1 amide bonds. The van der Waals surface area contributed by atoms with Crippen LogP contribution in [0.5, 0.6) is 0 Å². The zero-order valence-corrected chi connectivity index (χ0v) is 25.0. The van der Waals surface area contributed by atoms with E-state index in [0.29, 0.717) is 59.8 Å². The zero-order valence-electron chi connectivity index (χ0n) is 23.5. The summed E-state index contributed by atoms with van der Waals surface area (Å²) in [7, 11) is 0. The number of nitrogens with two attached hydrogens (primary N) is 1. The number of primary amides is 1. The summed E-state index contributed by atoms with van der Waals surface area (Å²) < 4.78 is 19.6. The molecule has 2 N–H and O–H groups in total. The Morgan fingerprint density at radius 2 is 1.65 bits per heavy atom. The first-order valence-corrected chi connectivity index (χ1v) is 15.1. The predicted octanol–water partition coefficient (Wildman–Crippen LogP) is 6.41. The van der Waals surface area contributed by atoms with Crippen LogP contribution in [0.15, 0.2) is 100 Å². The molecule has 0 spiro atoms. The standard InChI is InChI=1S/C34H31BrN2O6/c35-24-14-15-25-26(19-24)29(23-12-6-2-7-13-23)30(32(39)43-34(33(36)40)16-8-3-9-17-34)37(31(25)38)27(28-20-41-21-42-28)18-22-10-4-1-5-11-22/h1-2,4-7,10-15,19-20,27H,3,8-9,16-18,21H2,(H2,36,40). The monoisotopic (exact) mass is 642 g/mol. The molecule has 0 radical (unpaired) electrons. The summed E-state index contributed by atoms with van der Waals surface area (Å²) >= 11 is 3.55. The molecule has 8 nitrogen and oxygen atoms in total. The first-order valence-electron chi connectivity index (χ1n) is 14.3. The normalized spacial score (nSPS) is 16.5. The second kappa shape index (κ2) is 12.1. The summed E-state index contributed by atoms with van der Waals surface area (Å²) in [6.45, 7) is -0.00793. The highest BCUT2D eigenvalue weighted by molar-refractivity contribution is 9.10. The fraction of sp³-hybridized carbons (Fsp3) is 0.265. The van der Waals surface area contributed by atoms with Crippen LogP contribution in [0.3, 0.4) is 0 Å². The maximum absolute atomic E-state index is 14.6. The van der Waals surface area contributed by atoms with Crippen molar-refractivity contribution >= 4 is 38.6 Å². The van der Waals surface area contributed by atoms with Gasteiger partial charge in [-0.1, -0.05) is 83.0 Å². The van der Waals surface area contributed by atoms with Crippen molar-refractivity contribution in [3.8, 4) is 11.1 Å². The van der Waals surface area contributed by atoms with Crippen LogP contribution < -0.4 is 11.3 Å². The average molecular weight is 644 g/mol. The molecular formula is C34H31BrN2O6. The number of aromatic nitrogens is 1. The van der Waals surface area contributed by atoms with Gasteiger partial charge in [0.25, 0.3) is 11.5 Å². The van der Waals surface area contributed by atoms with E-state index in [9.17, 15) is 14.4 Å². The van der Waals surface area contributed by atoms with E-state index in [4.69, 9.17) is 19.9 Å². The van der Waals surface area contributed by atoms with E-state index in [0.717, 1.165) is 16.5 Å². The molecule has 1 aliphatic carbocycles. The lowest BCUT2D eigenvalue weighted by atomic mass is 9.84. The number of esters is 1. The Kier molecular flexibility index (Phi) is 8.08. The third-order valence-electron chi connectivity index (χ3n) is 8.24. The van der Waals surface area contributed by atoms with Gasteiger partial charge in [0.2, 0.25) is 6.79 Å². The summed E-state index contributed by atoms with van der Waals surface area (Å²) in [6, 6.07) is 23.6. The van der Waals surface area contributed by atoms with E-state index < -0.39 is 29.1 Å². The Bertz CT molecular complexity index is 1760. The number of hydrogen-bond donors (Lipinski definition) is 1. The molecule has 1 fully saturated rings. The van der Waals surface area contributed by atoms with Gasteiger partial charge in [-0.3, -0.25) is 14.2 Å². The molecule has 1 atom stereocenters. The molecule has 0 bridgehead atoms. The van der Waals surface area contributed by atoms with Crippen LogP contribution >= 0.6 is 15.9 Å². The van der Waals surface area contributed by atoms with Crippen molar-refractivity contribution in [1.29, 1.82) is 0 Å². The van der Waals surface area contributed by atoms with Gasteiger partial charge in [-0.05, 0) is 60.4 Å². The highest BCUT2D eigenvalue weighted by Crippen LogP contribution is 2.39. The number of allylic oxidation sites excluding steroid dienone is 1. The second-order valence-corrected chi connectivity index (χ2v) is 11.8. The number of halogens is 1. The molecule has 4 aromatic rings. The van der Waals surface area contributed by atoms with Gasteiger partial charge in [-0.15, -0.1) is 0 Å². The summed E-state index contributed by atoms with van der Waals surface area (Å²) in [4.78, 5) is 42.0. The van der Waals surface area contributed by atoms with Crippen LogP contribution in [-0.4, -0.2) is 28.8 Å². The molecule has 1 saturated carbocycles. The Morgan fingerprint density at radius 3 is 2.30 bits per heavy atom. The molecule has 3 aromatic carbocycles. The molecular weight excluding hydrogens is 612 g/mol. The van der Waals surface area contributed by atoms with Gasteiger partial charge in [-0.25, -0.2) is 4.79 Å². The van der Waals surface area contributed by atoms with E-state index in [1.54, 1.807) is 12.1 Å². The minimum absolute atomic E-state index is 0.00793. The molecule has 1 aliphatic heterocycles. The van der Waals surface area contributed by atoms with E-state index in [1.165, 1.54) is 10.8 Å². The van der Waals surface area contributed by atoms with Crippen LogP contribution in [-0.2, 0) is 25.4 Å². The van der Waals surface area contributed by atoms with Crippen molar-refractivity contribution in [2.75, 3.05) is 6.79 Å². The number of benzene rings is 3. The number of carbonyl (C=O) groups excluding carboxylic acids is 2. The lowest BCUT2D eigenvalue weighted by Crippen LogP contribution is -2.49. The summed E-state index contributed by atoms with van der Waals surface area (Å²) in [5.74, 6) is -1.08. The first kappa shape index (κ1) is 28.7. The zero-order chi connectivity index (χ0) is 30.0. The number of hydrogen-bond acceptors (Lipinski definition) is 6. The summed E-state index contributed by atoms with van der Waals surface area (Å²) in [5.41, 5.74) is 6.18. The van der Waals surface area contributed by atoms with E-state index >= 15 is 0 Å². The predicted molar refractivity (Wildman–Crippen MR) is 166 cm³/mol. The lowest BCUT2D eigenvalue weighted by molar-refractivity contribution is -0.140. The minimum Gasteiger partial charge on any atom is -0.462 e. The van der Waals surface area contributed by atoms with Gasteiger partial charge >= 0.3 is 5.97 Å². The van der Waals surface area contributed by atoms with Crippen molar-refractivity contribution < 1.29 is 23.8 Å². The van der Waals surface area contributed by atoms with Gasteiger partial charge in [0, 0.05) is 21.8 Å². The van der Waals surface area contributed by atoms with Crippen molar-refractivity contribution in [2.45, 2.75) is 50.2 Å². The van der Waals surface area contributed by atoms with Gasteiger partial charge < -0.3 is 19.9 Å². The topological polar surface area (TPSA) is 110 Å². The number of nitrogens with zero attached hydrogens (tertiary/aromatic N) is 1. The van der Waals surface area contributed by atoms with E-state index in [2.05, 4.69) is 15.9 Å². The van der Waals surface area contributed by atoms with Crippen molar-refractivity contribution in [3.63, 3.8) is 0 Å². The van der Waals surface area contributed by atoms with Crippen LogP contribution in [0, 0.1) is 0 Å². The number of ether oxygens (including phenoxy) is 3. The molecule has 1 aromatic heterocycles. The van der Waals surface area contributed by atoms with Crippen molar-refractivity contribution in [2.24, 2.45) is 5.73 Å². The molecule has 220 valence electrons. The molecule has 2 aliphatic rings. The highest BCUT2D eigenvalue weighted by atomic mass is 79.9. The fourth-order valence-corrected chi connectivity index (χ4v) is 6.48. The van der Waals surface area contributed by atoms with Crippen LogP contribution in [0.25, 0.3) is 21.9 Å². The molecule has 9 heteroatoms. The quantitative estimate of drug-likeness (QED) is 0.223. The molecule has 2 heterocycles. The van der Waals surface area contributed by atoms with E-state index in [1.807, 2.05) is 66.7 Å². The smallest absolute Gasteiger partial charge is 0.356 e. The first-order chi connectivity index (χ1) is 20.9. The largest absolute Gasteiger partial charge is 0.462 e. The molecule has 6 rings (SSSR count). The summed E-state index contributed by atoms with van der Waals surface area (Å²) in [6.07, 6.45) is 4.78. The number of carbonyl (C=O) groups is 2. The number of fused-ring (bicyclic) bond motifs is 1. The number of pyridine rings is 1. The van der Waals surface area contributed by atoms with Gasteiger partial charge in [0.15, 0.2) is 11.4 Å². The Labute approximate surface area is 257 Å². The maximum atomic E-state index is 14.6. The van der Waals surface area contributed by atoms with Gasteiger partial charge in [0.1, 0.15) is 18.0 Å². The maximum Gasteiger partial charge on any atom is 0.356 e. The Hall–Kier alpha value is -4.37. The second-order valence-electron chi connectivity index (χ2n) is 10.9. The van der Waals surface area contributed by atoms with Crippen LogP contribution in [0.1, 0.15) is 54.2 Å². The Morgan fingerprint density at radius 1 is 0.953 bits per heavy atom. The van der Waals surface area contributed by atoms with Crippen molar-refractivity contribution in [1.82, 2.24) is 4.57 Å². The third-order valence-corrected chi connectivity index (χ3v) is 8.73. The minimum atomic E-state index is -1.46. The summed E-state index contributed by atoms with van der Waals surface area (Å²) in [5, 5.41) is 0.986. The number of amides is 1. The van der Waals surface area contributed by atoms with Crippen LogP contribution in [0.4, 0.5) is 0 Å². The highest BCUT2D eigenvalue weighted by Gasteiger charge is 2.44. The van der Waals surface area contributed by atoms with Crippen molar-refractivity contribution in [3.05, 3.63) is 117 Å². The fourth-order valence-electron chi connectivity index (χ4n) is 6.11. The van der Waals surface area contributed by atoms with Gasteiger partial charge in [0.05, 0.1) is 0 Å². The van der Waals surface area contributed by atoms with Gasteiger partial charge in [-0.2, -0.15) is 0 Å². The number of rotatable bonds is 8. The Balaban J connectivity index is 1.67. The molecule has 1 unspecified atom stereocenters. The lowest BCUT2D eigenvalue weighted by Gasteiger charge is -2.34. The SMILES string of the molecule is NC(=O)C1(OC(=O)c2c(-c3ccccc3)c3cc(Br)ccc3c(=O)n2C(Cc2ccccc2)C2=COCO2)CCCCC1.